The maximum atomic E-state index is 10.5. The number of hydrogen-bond donors (Lipinski definition) is 2. The zero-order chi connectivity index (χ0) is 13.5. The maximum absolute atomic E-state index is 10.5. The summed E-state index contributed by atoms with van der Waals surface area (Å²) in [6.45, 7) is 4.15. The van der Waals surface area contributed by atoms with Gasteiger partial charge in [-0.1, -0.05) is 28.1 Å². The van der Waals surface area contributed by atoms with Crippen molar-refractivity contribution in [2.45, 2.75) is 45.2 Å². The Labute approximate surface area is 117 Å². The van der Waals surface area contributed by atoms with Crippen LogP contribution in [0.1, 0.15) is 32.3 Å². The largest absolute Gasteiger partial charge is 0.481 e. The standard InChI is InChI=1S/C14H20BrNO2/c1-10(3-8-14(17)18)16-11(2)9-12-4-6-13(15)7-5-12/h4-7,10-11,16H,3,8-9H2,1-2H3,(H,17,18). The minimum absolute atomic E-state index is 0.221. The van der Waals surface area contributed by atoms with Gasteiger partial charge in [-0.05, 0) is 44.4 Å². The van der Waals surface area contributed by atoms with Crippen molar-refractivity contribution in [3.8, 4) is 0 Å². The van der Waals surface area contributed by atoms with Crippen LogP contribution in [0.5, 0.6) is 0 Å². The lowest BCUT2D eigenvalue weighted by atomic mass is 10.1. The molecule has 0 aromatic heterocycles. The molecule has 2 unspecified atom stereocenters. The fraction of sp³-hybridized carbons (Fsp3) is 0.500. The van der Waals surface area contributed by atoms with Gasteiger partial charge >= 0.3 is 5.97 Å². The van der Waals surface area contributed by atoms with Crippen LogP contribution in [0.2, 0.25) is 0 Å². The number of carbonyl (C=O) groups is 1. The van der Waals surface area contributed by atoms with E-state index in [0.717, 1.165) is 10.9 Å². The van der Waals surface area contributed by atoms with Crippen LogP contribution in [0.3, 0.4) is 0 Å². The smallest absolute Gasteiger partial charge is 0.303 e. The Hall–Kier alpha value is -0.870. The number of carboxylic acids is 1. The number of nitrogens with one attached hydrogen (secondary N) is 1. The minimum atomic E-state index is -0.732. The highest BCUT2D eigenvalue weighted by molar-refractivity contribution is 9.10. The number of hydrogen-bond acceptors (Lipinski definition) is 2. The third-order valence-electron chi connectivity index (χ3n) is 2.82. The first-order valence-electron chi connectivity index (χ1n) is 6.19. The summed E-state index contributed by atoms with van der Waals surface area (Å²) in [5, 5.41) is 12.0. The van der Waals surface area contributed by atoms with Gasteiger partial charge in [0.2, 0.25) is 0 Å². The highest BCUT2D eigenvalue weighted by Crippen LogP contribution is 2.12. The molecule has 0 aliphatic heterocycles. The lowest BCUT2D eigenvalue weighted by Crippen LogP contribution is -2.36. The molecule has 1 aromatic carbocycles. The van der Waals surface area contributed by atoms with E-state index in [1.54, 1.807) is 0 Å². The summed E-state index contributed by atoms with van der Waals surface area (Å²) < 4.78 is 1.08. The molecule has 0 bridgehead atoms. The summed E-state index contributed by atoms with van der Waals surface area (Å²) in [5.74, 6) is -0.732. The van der Waals surface area contributed by atoms with Crippen LogP contribution >= 0.6 is 15.9 Å². The second-order valence-corrected chi connectivity index (χ2v) is 5.65. The third kappa shape index (κ3) is 6.17. The Kier molecular flexibility index (Phi) is 6.36. The molecule has 0 amide bonds. The summed E-state index contributed by atoms with van der Waals surface area (Å²) in [6, 6.07) is 8.85. The molecule has 0 aliphatic carbocycles. The summed E-state index contributed by atoms with van der Waals surface area (Å²) in [7, 11) is 0. The molecular weight excluding hydrogens is 294 g/mol. The van der Waals surface area contributed by atoms with Crippen molar-refractivity contribution in [1.29, 1.82) is 0 Å². The predicted molar refractivity (Wildman–Crippen MR) is 76.8 cm³/mol. The average molecular weight is 314 g/mol. The van der Waals surface area contributed by atoms with Gasteiger partial charge in [-0.2, -0.15) is 0 Å². The lowest BCUT2D eigenvalue weighted by Gasteiger charge is -2.19. The molecule has 0 radical (unpaired) electrons. The van der Waals surface area contributed by atoms with Crippen LogP contribution in [0.4, 0.5) is 0 Å². The van der Waals surface area contributed by atoms with Gasteiger partial charge in [0.15, 0.2) is 0 Å². The van der Waals surface area contributed by atoms with Crippen molar-refractivity contribution >= 4 is 21.9 Å². The van der Waals surface area contributed by atoms with Gasteiger partial charge in [0.1, 0.15) is 0 Å². The Morgan fingerprint density at radius 3 is 2.44 bits per heavy atom. The summed E-state index contributed by atoms with van der Waals surface area (Å²) in [5.41, 5.74) is 1.28. The van der Waals surface area contributed by atoms with Crippen molar-refractivity contribution in [3.05, 3.63) is 34.3 Å². The topological polar surface area (TPSA) is 49.3 Å². The SMILES string of the molecule is CC(CCC(=O)O)NC(C)Cc1ccc(Br)cc1. The van der Waals surface area contributed by atoms with Crippen LogP contribution in [0, 0.1) is 0 Å². The molecule has 18 heavy (non-hydrogen) atoms. The molecule has 100 valence electrons. The predicted octanol–water partition coefficient (Wildman–Crippen LogP) is 3.22. The summed E-state index contributed by atoms with van der Waals surface area (Å²) in [4.78, 5) is 10.5. The van der Waals surface area contributed by atoms with Crippen molar-refractivity contribution in [1.82, 2.24) is 5.32 Å². The minimum Gasteiger partial charge on any atom is -0.481 e. The van der Waals surface area contributed by atoms with Gasteiger partial charge in [-0.15, -0.1) is 0 Å². The molecular formula is C14H20BrNO2. The molecule has 3 nitrogen and oxygen atoms in total. The molecule has 4 heteroatoms. The quantitative estimate of drug-likeness (QED) is 0.812. The number of halogens is 1. The van der Waals surface area contributed by atoms with E-state index in [4.69, 9.17) is 5.11 Å². The van der Waals surface area contributed by atoms with E-state index in [1.165, 1.54) is 5.56 Å². The number of rotatable bonds is 7. The van der Waals surface area contributed by atoms with Crippen molar-refractivity contribution in [3.63, 3.8) is 0 Å². The van der Waals surface area contributed by atoms with E-state index in [2.05, 4.69) is 40.3 Å². The second kappa shape index (κ2) is 7.54. The van der Waals surface area contributed by atoms with Gasteiger partial charge in [0, 0.05) is 23.0 Å². The highest BCUT2D eigenvalue weighted by Gasteiger charge is 2.09. The average Bonchev–Trinajstić information content (AvgIpc) is 2.29. The van der Waals surface area contributed by atoms with Crippen LogP contribution < -0.4 is 5.32 Å². The Balaban J connectivity index is 2.34. The van der Waals surface area contributed by atoms with Crippen molar-refractivity contribution in [2.75, 3.05) is 0 Å². The van der Waals surface area contributed by atoms with Gasteiger partial charge in [0.05, 0.1) is 0 Å². The first-order valence-corrected chi connectivity index (χ1v) is 6.99. The number of carboxylic acid groups (broad SMARTS) is 1. The van der Waals surface area contributed by atoms with E-state index in [9.17, 15) is 4.79 Å². The second-order valence-electron chi connectivity index (χ2n) is 4.73. The lowest BCUT2D eigenvalue weighted by molar-refractivity contribution is -0.137. The van der Waals surface area contributed by atoms with Crippen LogP contribution in [-0.2, 0) is 11.2 Å². The van der Waals surface area contributed by atoms with E-state index in [0.29, 0.717) is 12.5 Å². The van der Waals surface area contributed by atoms with Crippen molar-refractivity contribution < 1.29 is 9.90 Å². The Morgan fingerprint density at radius 2 is 1.89 bits per heavy atom. The zero-order valence-corrected chi connectivity index (χ0v) is 12.4. The third-order valence-corrected chi connectivity index (χ3v) is 3.34. The van der Waals surface area contributed by atoms with E-state index < -0.39 is 5.97 Å². The zero-order valence-electron chi connectivity index (χ0n) is 10.8. The van der Waals surface area contributed by atoms with Crippen LogP contribution in [0.15, 0.2) is 28.7 Å². The molecule has 0 saturated carbocycles. The first-order chi connectivity index (χ1) is 8.47. The Morgan fingerprint density at radius 1 is 1.28 bits per heavy atom. The van der Waals surface area contributed by atoms with E-state index >= 15 is 0 Å². The molecule has 0 fully saturated rings. The fourth-order valence-electron chi connectivity index (χ4n) is 1.94. The highest BCUT2D eigenvalue weighted by atomic mass is 79.9. The number of benzene rings is 1. The van der Waals surface area contributed by atoms with Gasteiger partial charge in [-0.25, -0.2) is 0 Å². The monoisotopic (exact) mass is 313 g/mol. The normalized spacial score (nSPS) is 14.2. The molecule has 0 aliphatic rings. The van der Waals surface area contributed by atoms with Gasteiger partial charge in [0.25, 0.3) is 0 Å². The molecule has 0 heterocycles. The van der Waals surface area contributed by atoms with Crippen LogP contribution in [0.25, 0.3) is 0 Å². The first kappa shape index (κ1) is 15.2. The van der Waals surface area contributed by atoms with Crippen LogP contribution in [-0.4, -0.2) is 23.2 Å². The van der Waals surface area contributed by atoms with E-state index in [-0.39, 0.29) is 12.5 Å². The molecule has 2 atom stereocenters. The molecule has 1 aromatic rings. The van der Waals surface area contributed by atoms with Crippen molar-refractivity contribution in [2.24, 2.45) is 0 Å². The number of aliphatic carboxylic acids is 1. The van der Waals surface area contributed by atoms with Gasteiger partial charge in [-0.3, -0.25) is 4.79 Å². The fourth-order valence-corrected chi connectivity index (χ4v) is 2.21. The molecule has 2 N–H and O–H groups in total. The Bertz CT molecular complexity index is 378. The summed E-state index contributed by atoms with van der Waals surface area (Å²) in [6.07, 6.45) is 1.84. The van der Waals surface area contributed by atoms with Gasteiger partial charge < -0.3 is 10.4 Å². The molecule has 1 rings (SSSR count). The molecule has 0 saturated heterocycles. The maximum Gasteiger partial charge on any atom is 0.303 e. The molecule has 0 spiro atoms. The summed E-state index contributed by atoms with van der Waals surface area (Å²) >= 11 is 3.41. The van der Waals surface area contributed by atoms with E-state index in [1.807, 2.05) is 19.1 Å².